The number of phenols is 1. The fourth-order valence-corrected chi connectivity index (χ4v) is 13.5. The molecule has 9 rings (SSSR count). The van der Waals surface area contributed by atoms with Crippen LogP contribution in [0.3, 0.4) is 0 Å². The van der Waals surface area contributed by atoms with E-state index in [4.69, 9.17) is 10.5 Å². The van der Waals surface area contributed by atoms with Crippen LogP contribution in [0.5, 0.6) is 11.5 Å². The monoisotopic (exact) mass is 1340 g/mol. The Hall–Kier alpha value is -6.83. The van der Waals surface area contributed by atoms with Crippen LogP contribution in [-0.4, -0.2) is 240 Å². The number of nitrogens with zero attached hydrogens (tertiary/aromatic N) is 6. The molecule has 13 atom stereocenters. The number of fused-ring (bicyclic) bond motifs is 2. The summed E-state index contributed by atoms with van der Waals surface area (Å²) in [6.07, 6.45) is -6.56. The Morgan fingerprint density at radius 2 is 1.34 bits per heavy atom. The van der Waals surface area contributed by atoms with Gasteiger partial charge in [-0.05, 0) is 106 Å². The highest BCUT2D eigenvalue weighted by Crippen LogP contribution is 2.34. The number of halogens is 2. The highest BCUT2D eigenvalue weighted by atomic mass is 35.5. The predicted octanol–water partition coefficient (Wildman–Crippen LogP) is -0.572. The molecular formula is C62H86Cl2N12O15S. The third-order valence-electron chi connectivity index (χ3n) is 18.0. The van der Waals surface area contributed by atoms with Gasteiger partial charge in [0, 0.05) is 99.4 Å². The number of hydrogen-bond acceptors (Lipinski definition) is 21. The number of aliphatic hydroxyl groups is 6. The number of anilines is 1. The molecule has 5 aliphatic rings. The number of benzene rings is 3. The summed E-state index contributed by atoms with van der Waals surface area (Å²) < 4.78 is 5.20. The maximum absolute atomic E-state index is 14.7. The Morgan fingerprint density at radius 3 is 1.96 bits per heavy atom. The van der Waals surface area contributed by atoms with E-state index in [1.54, 1.807) is 19.1 Å². The molecular weight excluding hydrogens is 1260 g/mol. The minimum Gasteiger partial charge on any atom is -0.504 e. The van der Waals surface area contributed by atoms with Crippen molar-refractivity contribution in [2.75, 3.05) is 64.4 Å². The number of rotatable bonds is 14. The molecule has 5 fully saturated rings. The quantitative estimate of drug-likeness (QED) is 0.0752. The van der Waals surface area contributed by atoms with E-state index in [1.165, 1.54) is 74.5 Å². The minimum absolute atomic E-state index is 0. The molecule has 5 heterocycles. The van der Waals surface area contributed by atoms with Crippen molar-refractivity contribution in [2.24, 2.45) is 17.6 Å². The van der Waals surface area contributed by atoms with Gasteiger partial charge in [0.15, 0.2) is 11.5 Å². The van der Waals surface area contributed by atoms with E-state index < -0.39 is 152 Å². The second-order valence-corrected chi connectivity index (χ2v) is 25.5. The molecule has 504 valence electrons. The average Bonchev–Trinajstić information content (AvgIpc) is 1.64. The van der Waals surface area contributed by atoms with E-state index in [-0.39, 0.29) is 67.0 Å². The molecule has 0 bridgehead atoms. The van der Waals surface area contributed by atoms with E-state index in [0.717, 1.165) is 60.1 Å². The number of piperazine rings is 1. The number of ether oxygens (including phenoxy) is 1. The summed E-state index contributed by atoms with van der Waals surface area (Å²) in [5, 5.41) is 101. The first-order valence-corrected chi connectivity index (χ1v) is 31.6. The lowest BCUT2D eigenvalue weighted by Crippen LogP contribution is -2.64. The van der Waals surface area contributed by atoms with Crippen molar-refractivity contribution < 1.29 is 74.0 Å². The van der Waals surface area contributed by atoms with E-state index in [9.17, 15) is 69.3 Å². The molecule has 1 saturated carbocycles. The second-order valence-electron chi connectivity index (χ2n) is 24.6. The normalized spacial score (nSPS) is 28.3. The first-order chi connectivity index (χ1) is 43.0. The summed E-state index contributed by atoms with van der Waals surface area (Å²) >= 11 is 1.36. The smallest absolute Gasteiger partial charge is 0.251 e. The molecule has 14 N–H and O–H groups in total. The predicted molar refractivity (Wildman–Crippen MR) is 344 cm³/mol. The number of aromatic nitrogens is 2. The van der Waals surface area contributed by atoms with Crippen LogP contribution < -0.4 is 42.0 Å². The summed E-state index contributed by atoms with van der Waals surface area (Å²) in [5.41, 5.74) is 8.79. The van der Waals surface area contributed by atoms with Crippen molar-refractivity contribution in [1.29, 1.82) is 0 Å². The van der Waals surface area contributed by atoms with Crippen LogP contribution in [0.2, 0.25) is 0 Å². The lowest BCUT2D eigenvalue weighted by Gasteiger charge is -2.42. The summed E-state index contributed by atoms with van der Waals surface area (Å²) in [5.74, 6) is -7.68. The third kappa shape index (κ3) is 17.1. The number of hydrogen-bond donors (Lipinski definition) is 13. The van der Waals surface area contributed by atoms with Gasteiger partial charge in [-0.1, -0.05) is 43.4 Å². The lowest BCUT2D eigenvalue weighted by atomic mass is 9.86. The molecule has 27 nitrogen and oxygen atoms in total. The van der Waals surface area contributed by atoms with E-state index in [2.05, 4.69) is 65.6 Å². The van der Waals surface area contributed by atoms with Gasteiger partial charge in [-0.25, -0.2) is 0 Å². The Morgan fingerprint density at radius 1 is 0.728 bits per heavy atom. The number of amides is 7. The highest BCUT2D eigenvalue weighted by Gasteiger charge is 2.50. The molecule has 0 spiro atoms. The first kappa shape index (κ1) is 72.6. The Kier molecular flexibility index (Phi) is 25.5. The van der Waals surface area contributed by atoms with Gasteiger partial charge < -0.3 is 87.5 Å². The maximum atomic E-state index is 14.7. The number of nitrogens with one attached hydrogen (secondary N) is 5. The molecule has 0 radical (unpaired) electrons. The summed E-state index contributed by atoms with van der Waals surface area (Å²) in [7, 11) is 1.28. The lowest BCUT2D eigenvalue weighted by molar-refractivity contribution is -0.147. The molecule has 3 aromatic carbocycles. The molecule has 7 amide bonds. The number of aliphatic hydroxyl groups excluding tert-OH is 6. The van der Waals surface area contributed by atoms with Crippen LogP contribution in [0.25, 0.3) is 21.1 Å². The standard InChI is InChI=1S/C62H84N12O15S.2ClH/c1-32-5-14-39(15-6-32)71-21-23-72(24-22-71)40-16-12-38(13-17-40)60-70-69-59(90-60)37-10-8-36(9-11-37)54(82)65-43-27-41(76)29-64-58(86)52-53(81)33(2)30-74(52)62(88)51(46(79)19-20-63)68-57(85)50(47(80)25-35-7-18-45(78)48(26-35)89-4)67-56(84)44-28-42(77)31-73(44)61(87)49(34(3)75)66-55(43)83;;/h7-13,16-18,26,32-34,39,41-44,46-47,49-53,75-81H,5-6,14-15,19-25,27-31,63H2,1-4H3,(H,64,86)(H,65,82)(H,66,83)(H,67,84)(H,68,85);2*1H/t32?,33-,34+,39?,41+,42+,43-,44-,46+,47+,49-,50-,51-,52-,53-;;/m0../s1. The zero-order valence-corrected chi connectivity index (χ0v) is 54.2. The summed E-state index contributed by atoms with van der Waals surface area (Å²) in [6.45, 7) is 7.40. The van der Waals surface area contributed by atoms with Crippen LogP contribution in [0.4, 0.5) is 5.69 Å². The second kappa shape index (κ2) is 32.3. The number of aromatic hydroxyl groups is 1. The molecule has 1 aliphatic carbocycles. The fraction of sp³-hybridized carbons (Fsp3) is 0.565. The van der Waals surface area contributed by atoms with Gasteiger partial charge in [0.25, 0.3) is 5.91 Å². The molecule has 4 aliphatic heterocycles. The fourth-order valence-electron chi connectivity index (χ4n) is 12.7. The minimum atomic E-state index is -2.02. The number of carbonyl (C=O) groups is 7. The van der Waals surface area contributed by atoms with Gasteiger partial charge in [-0.2, -0.15) is 0 Å². The zero-order valence-electron chi connectivity index (χ0n) is 51.7. The topological polar surface area (TPSA) is 395 Å². The van der Waals surface area contributed by atoms with Crippen LogP contribution in [0, 0.1) is 11.8 Å². The molecule has 4 aromatic rings. The number of methoxy groups -OCH3 is 1. The third-order valence-corrected chi connectivity index (χ3v) is 19.0. The molecule has 0 unspecified atom stereocenters. The Bertz CT molecular complexity index is 3190. The SMILES string of the molecule is COc1cc(C[C@@H](O)[C@@H]2NC(=O)[C@@H]3C[C@@H](O)CN3C(=O)[C@H]([C@@H](C)O)NC(=O)[C@@H](NC(=O)c3ccc(-c4nnc(-c5ccc(N6CCN(C7CCC(C)CC7)CC6)cc5)s4)cc3)C[C@@H](O)CNC(=O)[C@@H]3[C@@H](O)[C@@H](C)CN3C(=O)[C@H]([C@H](O)CCN)NC2=O)ccc1O.Cl.Cl. The van der Waals surface area contributed by atoms with Crippen LogP contribution >= 0.6 is 36.2 Å². The van der Waals surface area contributed by atoms with Crippen molar-refractivity contribution in [3.8, 4) is 32.6 Å². The van der Waals surface area contributed by atoms with Gasteiger partial charge >= 0.3 is 0 Å². The van der Waals surface area contributed by atoms with Gasteiger partial charge in [0.05, 0.1) is 43.7 Å². The van der Waals surface area contributed by atoms with Gasteiger partial charge in [-0.3, -0.25) is 38.5 Å². The molecule has 1 aromatic heterocycles. The van der Waals surface area contributed by atoms with E-state index in [1.807, 2.05) is 12.1 Å². The number of nitrogens with two attached hydrogens (primary N) is 1. The number of β-amino-alcohol motifs (C(OH)–C–C–N with tert-alkyl or cyclic N) is 1. The maximum Gasteiger partial charge on any atom is 0.251 e. The number of phenolic OH excluding ortho intramolecular Hbond substituents is 1. The Balaban J connectivity index is 0.00000600. The van der Waals surface area contributed by atoms with Crippen LogP contribution in [0.15, 0.2) is 66.7 Å². The van der Waals surface area contributed by atoms with Crippen molar-refractivity contribution in [3.05, 3.63) is 77.9 Å². The van der Waals surface area contributed by atoms with E-state index in [0.29, 0.717) is 21.6 Å². The zero-order chi connectivity index (χ0) is 64.7. The van der Waals surface area contributed by atoms with Crippen molar-refractivity contribution in [3.63, 3.8) is 0 Å². The first-order valence-electron chi connectivity index (χ1n) is 30.8. The molecule has 30 heteroatoms. The summed E-state index contributed by atoms with van der Waals surface area (Å²) in [4.78, 5) is 108. The van der Waals surface area contributed by atoms with E-state index >= 15 is 0 Å². The van der Waals surface area contributed by atoms with Crippen molar-refractivity contribution in [1.82, 2.24) is 51.5 Å². The van der Waals surface area contributed by atoms with Gasteiger partial charge in [-0.15, -0.1) is 35.0 Å². The number of carbonyl (C=O) groups excluding carboxylic acids is 7. The molecule has 92 heavy (non-hydrogen) atoms. The van der Waals surface area contributed by atoms with Crippen LogP contribution in [0.1, 0.15) is 81.6 Å². The highest BCUT2D eigenvalue weighted by molar-refractivity contribution is 7.17. The van der Waals surface area contributed by atoms with Crippen molar-refractivity contribution in [2.45, 2.75) is 151 Å². The van der Waals surface area contributed by atoms with Crippen LogP contribution in [-0.2, 0) is 35.2 Å². The largest absolute Gasteiger partial charge is 0.504 e. The Labute approximate surface area is 549 Å². The average molecular weight is 1340 g/mol. The van der Waals surface area contributed by atoms with Crippen molar-refractivity contribution >= 4 is 83.2 Å². The van der Waals surface area contributed by atoms with Gasteiger partial charge in [0.2, 0.25) is 35.4 Å². The molecule has 4 saturated heterocycles. The summed E-state index contributed by atoms with van der Waals surface area (Å²) in [6, 6.07) is 8.36. The van der Waals surface area contributed by atoms with Gasteiger partial charge in [0.1, 0.15) is 46.3 Å².